The summed E-state index contributed by atoms with van der Waals surface area (Å²) in [4.78, 5) is 0. The predicted molar refractivity (Wildman–Crippen MR) is 85.1 cm³/mol. The first-order valence-corrected chi connectivity index (χ1v) is 8.79. The predicted octanol–water partition coefficient (Wildman–Crippen LogP) is 3.13. The number of unbranched alkanes of at least 4 members (excludes halogenated alkanes) is 1. The van der Waals surface area contributed by atoms with Crippen LogP contribution in [0, 0.1) is 0 Å². The lowest BCUT2D eigenvalue weighted by molar-refractivity contribution is 0.598. The molecule has 114 valence electrons. The summed E-state index contributed by atoms with van der Waals surface area (Å²) in [6.45, 7) is 2.45. The van der Waals surface area contributed by atoms with Gasteiger partial charge in [0.1, 0.15) is 0 Å². The van der Waals surface area contributed by atoms with Crippen LogP contribution in [-0.4, -0.2) is 24.0 Å². The van der Waals surface area contributed by atoms with E-state index in [2.05, 4.69) is 9.82 Å². The third-order valence-corrected chi connectivity index (χ3v) is 4.70. The average Bonchev–Trinajstić information content (AvgIpc) is 2.86. The minimum Gasteiger partial charge on any atom is -0.280 e. The van der Waals surface area contributed by atoms with Crippen molar-refractivity contribution in [2.45, 2.75) is 26.3 Å². The number of hydrogen-bond donors (Lipinski definition) is 1. The molecule has 0 amide bonds. The van der Waals surface area contributed by atoms with Gasteiger partial charge < -0.3 is 0 Å². The van der Waals surface area contributed by atoms with Gasteiger partial charge in [0.05, 0.1) is 24.2 Å². The Kier molecular flexibility index (Phi) is 5.25. The Balaban J connectivity index is 2.03. The highest BCUT2D eigenvalue weighted by molar-refractivity contribution is 7.92. The molecule has 2 rings (SSSR count). The lowest BCUT2D eigenvalue weighted by Crippen LogP contribution is -2.16. The number of nitrogens with one attached hydrogen (secondary N) is 1. The fourth-order valence-electron chi connectivity index (χ4n) is 1.87. The summed E-state index contributed by atoms with van der Waals surface area (Å²) in [6, 6.07) is 7.49. The molecule has 0 unspecified atom stereocenters. The number of rotatable bonds is 7. The van der Waals surface area contributed by atoms with Gasteiger partial charge in [-0.25, -0.2) is 8.42 Å². The van der Waals surface area contributed by atoms with E-state index in [9.17, 15) is 8.42 Å². The fourth-order valence-corrected chi connectivity index (χ4v) is 3.30. The highest BCUT2D eigenvalue weighted by atomic mass is 35.5. The zero-order valence-electron chi connectivity index (χ0n) is 11.8. The quantitative estimate of drug-likeness (QED) is 0.849. The van der Waals surface area contributed by atoms with Crippen LogP contribution in [0.1, 0.15) is 25.3 Å². The molecule has 0 bridgehead atoms. The minimum atomic E-state index is -3.29. The SMILES string of the molecule is CCCCS(=O)(=O)Nc1cnn(Cc2ccccc2Cl)c1. The van der Waals surface area contributed by atoms with E-state index in [0.29, 0.717) is 23.7 Å². The fraction of sp³-hybridized carbons (Fsp3) is 0.357. The number of sulfonamides is 1. The smallest absolute Gasteiger partial charge is 0.232 e. The van der Waals surface area contributed by atoms with Gasteiger partial charge >= 0.3 is 0 Å². The van der Waals surface area contributed by atoms with Crippen molar-refractivity contribution in [1.82, 2.24) is 9.78 Å². The number of benzene rings is 1. The van der Waals surface area contributed by atoms with Crippen LogP contribution in [0.2, 0.25) is 5.02 Å². The largest absolute Gasteiger partial charge is 0.280 e. The Hall–Kier alpha value is -1.53. The highest BCUT2D eigenvalue weighted by Crippen LogP contribution is 2.17. The molecule has 5 nitrogen and oxygen atoms in total. The summed E-state index contributed by atoms with van der Waals surface area (Å²) in [5.74, 6) is 0.124. The molecule has 1 heterocycles. The van der Waals surface area contributed by atoms with Gasteiger partial charge in [-0.1, -0.05) is 43.1 Å². The van der Waals surface area contributed by atoms with E-state index in [1.54, 1.807) is 10.9 Å². The summed E-state index contributed by atoms with van der Waals surface area (Å²) in [7, 11) is -3.29. The molecule has 0 atom stereocenters. The van der Waals surface area contributed by atoms with Gasteiger partial charge in [0, 0.05) is 11.2 Å². The molecule has 0 spiro atoms. The van der Waals surface area contributed by atoms with Crippen LogP contribution in [0.25, 0.3) is 0 Å². The molecule has 0 radical (unpaired) electrons. The number of aromatic nitrogens is 2. The van der Waals surface area contributed by atoms with Gasteiger partial charge in [0.25, 0.3) is 0 Å². The maximum absolute atomic E-state index is 11.8. The van der Waals surface area contributed by atoms with Crippen LogP contribution >= 0.6 is 11.6 Å². The Morgan fingerprint density at radius 3 is 2.81 bits per heavy atom. The van der Waals surface area contributed by atoms with E-state index >= 15 is 0 Å². The zero-order chi connectivity index (χ0) is 15.3. The first-order chi connectivity index (χ1) is 10.00. The molecule has 2 aromatic rings. The summed E-state index contributed by atoms with van der Waals surface area (Å²) in [6.07, 6.45) is 4.64. The first kappa shape index (κ1) is 15.9. The molecular weight excluding hydrogens is 310 g/mol. The van der Waals surface area contributed by atoms with Gasteiger partial charge in [-0.15, -0.1) is 0 Å². The molecule has 0 saturated heterocycles. The maximum atomic E-state index is 11.8. The molecule has 0 aliphatic heterocycles. The van der Waals surface area contributed by atoms with E-state index in [1.807, 2.05) is 31.2 Å². The van der Waals surface area contributed by atoms with E-state index in [-0.39, 0.29) is 5.75 Å². The van der Waals surface area contributed by atoms with Crippen molar-refractivity contribution in [3.05, 3.63) is 47.2 Å². The van der Waals surface area contributed by atoms with Crippen molar-refractivity contribution < 1.29 is 8.42 Å². The second kappa shape index (κ2) is 6.95. The van der Waals surface area contributed by atoms with Crippen LogP contribution in [0.4, 0.5) is 5.69 Å². The molecule has 7 heteroatoms. The zero-order valence-corrected chi connectivity index (χ0v) is 13.4. The van der Waals surface area contributed by atoms with Gasteiger partial charge in [0.2, 0.25) is 10.0 Å². The van der Waals surface area contributed by atoms with Gasteiger partial charge in [-0.05, 0) is 18.1 Å². The summed E-state index contributed by atoms with van der Waals surface area (Å²) in [5.41, 5.74) is 1.40. The highest BCUT2D eigenvalue weighted by Gasteiger charge is 2.11. The molecule has 0 saturated carbocycles. The molecule has 0 aliphatic rings. The molecule has 0 aliphatic carbocycles. The Labute approximate surface area is 130 Å². The Bertz CT molecular complexity index is 698. The third-order valence-electron chi connectivity index (χ3n) is 2.96. The van der Waals surface area contributed by atoms with Crippen LogP contribution in [0.15, 0.2) is 36.7 Å². The number of anilines is 1. The Morgan fingerprint density at radius 2 is 2.10 bits per heavy atom. The van der Waals surface area contributed by atoms with Crippen molar-refractivity contribution in [3.63, 3.8) is 0 Å². The van der Waals surface area contributed by atoms with Crippen LogP contribution in [0.3, 0.4) is 0 Å². The topological polar surface area (TPSA) is 64.0 Å². The van der Waals surface area contributed by atoms with E-state index < -0.39 is 10.0 Å². The monoisotopic (exact) mass is 327 g/mol. The first-order valence-electron chi connectivity index (χ1n) is 6.76. The van der Waals surface area contributed by atoms with E-state index in [4.69, 9.17) is 11.6 Å². The summed E-state index contributed by atoms with van der Waals surface area (Å²) in [5, 5.41) is 4.81. The van der Waals surface area contributed by atoms with Crippen LogP contribution in [-0.2, 0) is 16.6 Å². The van der Waals surface area contributed by atoms with E-state index in [0.717, 1.165) is 12.0 Å². The number of hydrogen-bond acceptors (Lipinski definition) is 3. The minimum absolute atomic E-state index is 0.124. The van der Waals surface area contributed by atoms with Crippen molar-refractivity contribution in [1.29, 1.82) is 0 Å². The number of halogens is 1. The molecule has 0 fully saturated rings. The maximum Gasteiger partial charge on any atom is 0.232 e. The summed E-state index contributed by atoms with van der Waals surface area (Å²) < 4.78 is 27.8. The van der Waals surface area contributed by atoms with Crippen molar-refractivity contribution >= 4 is 27.3 Å². The molecule has 1 aromatic heterocycles. The number of nitrogens with zero attached hydrogens (tertiary/aromatic N) is 2. The third kappa shape index (κ3) is 4.75. The second-order valence-electron chi connectivity index (χ2n) is 4.79. The van der Waals surface area contributed by atoms with Crippen molar-refractivity contribution in [2.75, 3.05) is 10.5 Å². The summed E-state index contributed by atoms with van der Waals surface area (Å²) >= 11 is 6.09. The van der Waals surface area contributed by atoms with Crippen LogP contribution in [0.5, 0.6) is 0 Å². The van der Waals surface area contributed by atoms with Gasteiger partial charge in [-0.2, -0.15) is 5.10 Å². The second-order valence-corrected chi connectivity index (χ2v) is 7.04. The van der Waals surface area contributed by atoms with Crippen molar-refractivity contribution in [3.8, 4) is 0 Å². The van der Waals surface area contributed by atoms with Crippen LogP contribution < -0.4 is 4.72 Å². The molecular formula is C14H18ClN3O2S. The van der Waals surface area contributed by atoms with Gasteiger partial charge in [0.15, 0.2) is 0 Å². The standard InChI is InChI=1S/C14H18ClN3O2S/c1-2-3-8-21(19,20)17-13-9-16-18(11-13)10-12-6-4-5-7-14(12)15/h4-7,9,11,17H,2-3,8,10H2,1H3. The van der Waals surface area contributed by atoms with Gasteiger partial charge in [-0.3, -0.25) is 9.40 Å². The average molecular weight is 328 g/mol. The van der Waals surface area contributed by atoms with E-state index in [1.165, 1.54) is 6.20 Å². The normalized spacial score (nSPS) is 11.5. The molecule has 1 aromatic carbocycles. The Morgan fingerprint density at radius 1 is 1.33 bits per heavy atom. The lowest BCUT2D eigenvalue weighted by Gasteiger charge is -2.05. The molecule has 21 heavy (non-hydrogen) atoms. The lowest BCUT2D eigenvalue weighted by atomic mass is 10.2. The molecule has 1 N–H and O–H groups in total. The van der Waals surface area contributed by atoms with Crippen molar-refractivity contribution in [2.24, 2.45) is 0 Å².